The van der Waals surface area contributed by atoms with Gasteiger partial charge in [-0.2, -0.15) is 0 Å². The van der Waals surface area contributed by atoms with E-state index in [1.165, 1.54) is 0 Å². The molecule has 4 heteroatoms. The summed E-state index contributed by atoms with van der Waals surface area (Å²) in [5, 5.41) is 2.83. The fourth-order valence-corrected chi connectivity index (χ4v) is 1.04. The van der Waals surface area contributed by atoms with Crippen molar-refractivity contribution in [2.45, 2.75) is 19.5 Å². The maximum absolute atomic E-state index is 12.8. The van der Waals surface area contributed by atoms with E-state index in [1.54, 1.807) is 6.92 Å². The summed E-state index contributed by atoms with van der Waals surface area (Å²) in [6, 6.07) is 1.67. The molecule has 0 radical (unpaired) electrons. The highest BCUT2D eigenvalue weighted by molar-refractivity contribution is 5.19. The number of benzene rings is 1. The Labute approximate surface area is 86.3 Å². The van der Waals surface area contributed by atoms with Gasteiger partial charge in [0, 0.05) is 6.54 Å². The van der Waals surface area contributed by atoms with E-state index in [0.29, 0.717) is 5.56 Å². The fourth-order valence-electron chi connectivity index (χ4n) is 1.04. The van der Waals surface area contributed by atoms with Gasteiger partial charge in [-0.05, 0) is 24.6 Å². The smallest absolute Gasteiger partial charge is 0.194 e. The molecule has 1 aromatic rings. The average molecular weight is 213 g/mol. The van der Waals surface area contributed by atoms with Crippen molar-refractivity contribution < 1.29 is 13.2 Å². The third-order valence-electron chi connectivity index (χ3n) is 1.91. The lowest BCUT2D eigenvalue weighted by Gasteiger charge is -2.07. The number of halogens is 3. The lowest BCUT2D eigenvalue weighted by atomic mass is 10.2. The summed E-state index contributed by atoms with van der Waals surface area (Å²) in [7, 11) is 0. The lowest BCUT2D eigenvalue weighted by Crippen LogP contribution is -2.23. The molecule has 0 aliphatic heterocycles. The summed E-state index contributed by atoms with van der Waals surface area (Å²) in [6.07, 6.45) is 5.10. The maximum atomic E-state index is 12.8. The Morgan fingerprint density at radius 3 is 2.33 bits per heavy atom. The number of terminal acetylenes is 1. The second-order valence-electron chi connectivity index (χ2n) is 3.14. The largest absolute Gasteiger partial charge is 0.300 e. The van der Waals surface area contributed by atoms with Crippen LogP contribution in [0.3, 0.4) is 0 Å². The van der Waals surface area contributed by atoms with E-state index in [-0.39, 0.29) is 12.6 Å². The van der Waals surface area contributed by atoms with Crippen LogP contribution in [0.25, 0.3) is 0 Å². The first-order chi connectivity index (χ1) is 7.04. The molecule has 0 bridgehead atoms. The van der Waals surface area contributed by atoms with Gasteiger partial charge in [-0.25, -0.2) is 13.2 Å². The summed E-state index contributed by atoms with van der Waals surface area (Å²) < 4.78 is 38.1. The zero-order valence-electron chi connectivity index (χ0n) is 8.15. The maximum Gasteiger partial charge on any atom is 0.194 e. The molecular formula is C11H10F3N. The van der Waals surface area contributed by atoms with Crippen molar-refractivity contribution in [2.75, 3.05) is 0 Å². The Morgan fingerprint density at radius 1 is 1.33 bits per heavy atom. The molecule has 1 rings (SSSR count). The van der Waals surface area contributed by atoms with Crippen molar-refractivity contribution in [3.05, 3.63) is 35.1 Å². The molecule has 1 unspecified atom stereocenters. The Morgan fingerprint density at radius 2 is 1.87 bits per heavy atom. The normalized spacial score (nSPS) is 12.2. The van der Waals surface area contributed by atoms with Gasteiger partial charge >= 0.3 is 0 Å². The minimum absolute atomic E-state index is 0.194. The van der Waals surface area contributed by atoms with Crippen LogP contribution in [0.15, 0.2) is 12.1 Å². The Bertz CT molecular complexity index is 372. The van der Waals surface area contributed by atoms with E-state index >= 15 is 0 Å². The molecule has 1 N–H and O–H groups in total. The summed E-state index contributed by atoms with van der Waals surface area (Å²) in [6.45, 7) is 1.93. The van der Waals surface area contributed by atoms with Crippen molar-refractivity contribution in [1.82, 2.24) is 5.32 Å². The molecule has 15 heavy (non-hydrogen) atoms. The second kappa shape index (κ2) is 4.85. The summed E-state index contributed by atoms with van der Waals surface area (Å²) in [5.41, 5.74) is 0.313. The number of hydrogen-bond donors (Lipinski definition) is 1. The quantitative estimate of drug-likeness (QED) is 0.599. The van der Waals surface area contributed by atoms with Crippen LogP contribution in [-0.2, 0) is 6.54 Å². The molecule has 1 atom stereocenters. The average Bonchev–Trinajstić information content (AvgIpc) is 2.22. The van der Waals surface area contributed by atoms with Gasteiger partial charge in [-0.1, -0.05) is 5.92 Å². The predicted molar refractivity (Wildman–Crippen MR) is 51.5 cm³/mol. The van der Waals surface area contributed by atoms with E-state index < -0.39 is 17.5 Å². The van der Waals surface area contributed by atoms with Gasteiger partial charge in [-0.3, -0.25) is 5.32 Å². The number of hydrogen-bond acceptors (Lipinski definition) is 1. The van der Waals surface area contributed by atoms with Gasteiger partial charge in [-0.15, -0.1) is 6.42 Å². The second-order valence-corrected chi connectivity index (χ2v) is 3.14. The van der Waals surface area contributed by atoms with E-state index in [4.69, 9.17) is 6.42 Å². The van der Waals surface area contributed by atoms with Gasteiger partial charge in [0.05, 0.1) is 6.04 Å². The molecule has 80 valence electrons. The molecule has 0 spiro atoms. The predicted octanol–water partition coefficient (Wildman–Crippen LogP) is 2.22. The van der Waals surface area contributed by atoms with Crippen molar-refractivity contribution in [3.63, 3.8) is 0 Å². The highest BCUT2D eigenvalue weighted by Gasteiger charge is 2.10. The zero-order chi connectivity index (χ0) is 11.4. The Hall–Kier alpha value is -1.47. The van der Waals surface area contributed by atoms with Crippen LogP contribution in [0.2, 0.25) is 0 Å². The first kappa shape index (κ1) is 11.6. The number of rotatable bonds is 3. The molecule has 0 aliphatic carbocycles. The SMILES string of the molecule is C#CC(C)NCc1cc(F)c(F)c(F)c1. The van der Waals surface area contributed by atoms with Gasteiger partial charge in [0.2, 0.25) is 0 Å². The van der Waals surface area contributed by atoms with Crippen LogP contribution >= 0.6 is 0 Å². The van der Waals surface area contributed by atoms with Crippen LogP contribution in [0.1, 0.15) is 12.5 Å². The minimum Gasteiger partial charge on any atom is -0.300 e. The topological polar surface area (TPSA) is 12.0 Å². The van der Waals surface area contributed by atoms with Crippen LogP contribution in [-0.4, -0.2) is 6.04 Å². The van der Waals surface area contributed by atoms with Crippen LogP contribution in [0, 0.1) is 29.8 Å². The van der Waals surface area contributed by atoms with Gasteiger partial charge in [0.25, 0.3) is 0 Å². The monoisotopic (exact) mass is 213 g/mol. The van der Waals surface area contributed by atoms with Crippen molar-refractivity contribution in [1.29, 1.82) is 0 Å². The summed E-state index contributed by atoms with van der Waals surface area (Å²) in [5.74, 6) is -1.44. The molecule has 0 aromatic heterocycles. The summed E-state index contributed by atoms with van der Waals surface area (Å²) >= 11 is 0. The van der Waals surface area contributed by atoms with Crippen molar-refractivity contribution in [3.8, 4) is 12.3 Å². The van der Waals surface area contributed by atoms with E-state index in [9.17, 15) is 13.2 Å². The van der Waals surface area contributed by atoms with Crippen LogP contribution in [0.5, 0.6) is 0 Å². The fraction of sp³-hybridized carbons (Fsp3) is 0.273. The molecule has 0 saturated heterocycles. The molecule has 0 saturated carbocycles. The van der Waals surface area contributed by atoms with E-state index in [0.717, 1.165) is 12.1 Å². The summed E-state index contributed by atoms with van der Waals surface area (Å²) in [4.78, 5) is 0. The van der Waals surface area contributed by atoms with Crippen molar-refractivity contribution in [2.24, 2.45) is 0 Å². The van der Waals surface area contributed by atoms with Crippen LogP contribution in [0.4, 0.5) is 13.2 Å². The lowest BCUT2D eigenvalue weighted by molar-refractivity contribution is 0.444. The first-order valence-corrected chi connectivity index (χ1v) is 4.37. The molecule has 0 heterocycles. The zero-order valence-corrected chi connectivity index (χ0v) is 8.15. The molecule has 1 nitrogen and oxygen atoms in total. The molecule has 0 fully saturated rings. The van der Waals surface area contributed by atoms with E-state index in [2.05, 4.69) is 11.2 Å². The molecule has 0 amide bonds. The third-order valence-corrected chi connectivity index (χ3v) is 1.91. The van der Waals surface area contributed by atoms with Crippen molar-refractivity contribution >= 4 is 0 Å². The van der Waals surface area contributed by atoms with Gasteiger partial charge < -0.3 is 0 Å². The molecular weight excluding hydrogens is 203 g/mol. The number of nitrogens with one attached hydrogen (secondary N) is 1. The van der Waals surface area contributed by atoms with Gasteiger partial charge in [0.1, 0.15) is 0 Å². The molecule has 0 aliphatic rings. The highest BCUT2D eigenvalue weighted by Crippen LogP contribution is 2.13. The highest BCUT2D eigenvalue weighted by atomic mass is 19.2. The Kier molecular flexibility index (Phi) is 3.75. The minimum atomic E-state index is -1.45. The standard InChI is InChI=1S/C11H10F3N/c1-3-7(2)15-6-8-4-9(12)11(14)10(13)5-8/h1,4-5,7,15H,6H2,2H3. The van der Waals surface area contributed by atoms with Gasteiger partial charge in [0.15, 0.2) is 17.5 Å². The molecule has 1 aromatic carbocycles. The first-order valence-electron chi connectivity index (χ1n) is 4.37. The third kappa shape index (κ3) is 3.00. The Balaban J connectivity index is 2.76. The van der Waals surface area contributed by atoms with E-state index in [1.807, 2.05) is 0 Å². The van der Waals surface area contributed by atoms with Crippen LogP contribution < -0.4 is 5.32 Å².